The fraction of sp³-hybridized carbons (Fsp3) is 0.370. The lowest BCUT2D eigenvalue weighted by Gasteiger charge is -2.29. The molecule has 4 heterocycles. The van der Waals surface area contributed by atoms with Crippen LogP contribution < -0.4 is 10.3 Å². The number of pyridine rings is 3. The van der Waals surface area contributed by atoms with Crippen LogP contribution in [0.2, 0.25) is 0 Å². The number of halogens is 4. The van der Waals surface area contributed by atoms with Gasteiger partial charge in [-0.25, -0.2) is 9.97 Å². The van der Waals surface area contributed by atoms with E-state index in [4.69, 9.17) is 4.74 Å². The van der Waals surface area contributed by atoms with E-state index in [1.54, 1.807) is 25.3 Å². The van der Waals surface area contributed by atoms with E-state index in [2.05, 4.69) is 19.9 Å². The van der Waals surface area contributed by atoms with E-state index in [1.165, 1.54) is 30.1 Å². The van der Waals surface area contributed by atoms with Gasteiger partial charge in [-0.05, 0) is 68.7 Å². The van der Waals surface area contributed by atoms with Gasteiger partial charge in [-0.1, -0.05) is 0 Å². The van der Waals surface area contributed by atoms with Gasteiger partial charge in [0, 0.05) is 24.2 Å². The van der Waals surface area contributed by atoms with Gasteiger partial charge in [0.15, 0.2) is 5.65 Å². The number of aryl methyl sites for hydroxylation is 1. The van der Waals surface area contributed by atoms with Crippen LogP contribution in [0.15, 0.2) is 47.7 Å². The highest BCUT2D eigenvalue weighted by molar-refractivity contribution is 5.71. The quantitative estimate of drug-likeness (QED) is 0.250. The molecule has 0 amide bonds. The van der Waals surface area contributed by atoms with Crippen molar-refractivity contribution in [1.82, 2.24) is 24.5 Å². The second-order valence-electron chi connectivity index (χ2n) is 9.47. The molecule has 0 radical (unpaired) electrons. The smallest absolute Gasteiger partial charge is 0.418 e. The number of ether oxygens (including phenoxy) is 1. The molecular formula is C27H25F4N5O2. The molecule has 11 heteroatoms. The van der Waals surface area contributed by atoms with E-state index >= 15 is 0 Å². The summed E-state index contributed by atoms with van der Waals surface area (Å²) in [4.78, 5) is 30.3. The normalized spacial score (nSPS) is 18.1. The fourth-order valence-corrected chi connectivity index (χ4v) is 5.32. The van der Waals surface area contributed by atoms with Gasteiger partial charge in [0.1, 0.15) is 11.3 Å². The van der Waals surface area contributed by atoms with E-state index in [9.17, 15) is 22.4 Å². The maximum atomic E-state index is 14.5. The van der Waals surface area contributed by atoms with Crippen molar-refractivity contribution >= 4 is 11.2 Å². The molecule has 0 atom stereocenters. The van der Waals surface area contributed by atoms with Gasteiger partial charge >= 0.3 is 6.18 Å². The molecule has 0 unspecified atom stereocenters. The van der Waals surface area contributed by atoms with Crippen LogP contribution in [0.5, 0.6) is 5.75 Å². The number of aromatic nitrogens is 5. The van der Waals surface area contributed by atoms with E-state index < -0.39 is 29.8 Å². The first-order valence-electron chi connectivity index (χ1n) is 12.2. The minimum atomic E-state index is -4.62. The van der Waals surface area contributed by atoms with Crippen molar-refractivity contribution < 1.29 is 22.3 Å². The van der Waals surface area contributed by atoms with Gasteiger partial charge in [0.05, 0.1) is 36.2 Å². The summed E-state index contributed by atoms with van der Waals surface area (Å²) in [5, 5.41) is 0. The van der Waals surface area contributed by atoms with Crippen molar-refractivity contribution in [2.24, 2.45) is 0 Å². The molecule has 0 aromatic carbocycles. The SMILES string of the molecule is COc1ccnc(F)c1[C@H]1CC[C@H](c2cc3ncc(C)nc3n(Cc3ncccc3C(F)(F)F)c2=O)CC1. The van der Waals surface area contributed by atoms with Crippen LogP contribution in [0, 0.1) is 12.9 Å². The second-order valence-corrected chi connectivity index (χ2v) is 9.47. The van der Waals surface area contributed by atoms with Crippen molar-refractivity contribution in [2.45, 2.75) is 57.2 Å². The lowest BCUT2D eigenvalue weighted by molar-refractivity contribution is -0.138. The fourth-order valence-electron chi connectivity index (χ4n) is 5.32. The van der Waals surface area contributed by atoms with Crippen LogP contribution in [0.3, 0.4) is 0 Å². The average molecular weight is 528 g/mol. The summed E-state index contributed by atoms with van der Waals surface area (Å²) in [5.41, 5.74) is 0.432. The second kappa shape index (κ2) is 10.1. The van der Waals surface area contributed by atoms with Crippen molar-refractivity contribution in [3.8, 4) is 5.75 Å². The zero-order valence-corrected chi connectivity index (χ0v) is 20.8. The zero-order chi connectivity index (χ0) is 27.0. The summed E-state index contributed by atoms with van der Waals surface area (Å²) < 4.78 is 62.1. The standard InChI is InChI=1S/C27H25F4N5O2/c1-15-13-34-20-12-18(16-5-7-17(8-6-16)23-22(38-2)9-11-33-24(23)28)26(37)36(25(20)35-15)14-21-19(27(29,30)31)4-3-10-32-21/h3-4,9-13,16-17H,5-8,14H2,1-2H3/t16-,17-. The molecule has 1 aliphatic carbocycles. The molecule has 5 rings (SSSR count). The largest absolute Gasteiger partial charge is 0.496 e. The number of alkyl halides is 3. The molecule has 38 heavy (non-hydrogen) atoms. The van der Waals surface area contributed by atoms with E-state index in [0.29, 0.717) is 53.8 Å². The molecule has 7 nitrogen and oxygen atoms in total. The molecule has 198 valence electrons. The lowest BCUT2D eigenvalue weighted by atomic mass is 9.76. The summed E-state index contributed by atoms with van der Waals surface area (Å²) in [6.45, 7) is 1.30. The third-order valence-electron chi connectivity index (χ3n) is 7.14. The van der Waals surface area contributed by atoms with Gasteiger partial charge in [-0.15, -0.1) is 0 Å². The highest BCUT2D eigenvalue weighted by atomic mass is 19.4. The van der Waals surface area contributed by atoms with Crippen LogP contribution in [-0.4, -0.2) is 31.6 Å². The molecule has 0 bridgehead atoms. The van der Waals surface area contributed by atoms with E-state index in [0.717, 1.165) is 6.07 Å². The van der Waals surface area contributed by atoms with Crippen LogP contribution in [0.1, 0.15) is 65.6 Å². The van der Waals surface area contributed by atoms with Gasteiger partial charge < -0.3 is 4.74 Å². The Morgan fingerprint density at radius 3 is 2.50 bits per heavy atom. The summed E-state index contributed by atoms with van der Waals surface area (Å²) in [6.07, 6.45) is 1.92. The Labute approximate surface area is 215 Å². The Bertz CT molecular complexity index is 1550. The number of nitrogens with zero attached hydrogens (tertiary/aromatic N) is 5. The third kappa shape index (κ3) is 4.84. The Morgan fingerprint density at radius 2 is 1.79 bits per heavy atom. The van der Waals surface area contributed by atoms with E-state index in [1.807, 2.05) is 0 Å². The van der Waals surface area contributed by atoms with Gasteiger partial charge in [0.2, 0.25) is 5.95 Å². The van der Waals surface area contributed by atoms with Crippen molar-refractivity contribution in [1.29, 1.82) is 0 Å². The highest BCUT2D eigenvalue weighted by Crippen LogP contribution is 2.43. The first-order valence-corrected chi connectivity index (χ1v) is 12.2. The molecule has 0 aliphatic heterocycles. The first kappa shape index (κ1) is 25.7. The summed E-state index contributed by atoms with van der Waals surface area (Å²) in [7, 11) is 1.48. The monoisotopic (exact) mass is 527 g/mol. The van der Waals surface area contributed by atoms with E-state index in [-0.39, 0.29) is 23.2 Å². The predicted octanol–water partition coefficient (Wildman–Crippen LogP) is 5.55. The van der Waals surface area contributed by atoms with Crippen molar-refractivity contribution in [3.63, 3.8) is 0 Å². The Balaban J connectivity index is 1.52. The molecule has 4 aromatic heterocycles. The predicted molar refractivity (Wildman–Crippen MR) is 132 cm³/mol. The molecule has 0 saturated heterocycles. The zero-order valence-electron chi connectivity index (χ0n) is 20.8. The number of hydrogen-bond acceptors (Lipinski definition) is 6. The van der Waals surface area contributed by atoms with Crippen LogP contribution >= 0.6 is 0 Å². The Kier molecular flexibility index (Phi) is 6.85. The van der Waals surface area contributed by atoms with Crippen molar-refractivity contribution in [2.75, 3.05) is 7.11 Å². The van der Waals surface area contributed by atoms with Crippen LogP contribution in [-0.2, 0) is 12.7 Å². The molecule has 1 fully saturated rings. The molecule has 0 spiro atoms. The third-order valence-corrected chi connectivity index (χ3v) is 7.14. The number of rotatable bonds is 5. The first-order chi connectivity index (χ1) is 18.2. The molecular weight excluding hydrogens is 502 g/mol. The Morgan fingerprint density at radius 1 is 1.05 bits per heavy atom. The summed E-state index contributed by atoms with van der Waals surface area (Å²) in [6, 6.07) is 5.47. The number of fused-ring (bicyclic) bond motifs is 1. The van der Waals surface area contributed by atoms with Crippen LogP contribution in [0.4, 0.5) is 17.6 Å². The highest BCUT2D eigenvalue weighted by Gasteiger charge is 2.35. The van der Waals surface area contributed by atoms with Crippen LogP contribution in [0.25, 0.3) is 11.2 Å². The molecule has 0 N–H and O–H groups in total. The maximum Gasteiger partial charge on any atom is 0.418 e. The summed E-state index contributed by atoms with van der Waals surface area (Å²) in [5.74, 6) is -0.422. The molecule has 1 saturated carbocycles. The molecule has 1 aliphatic rings. The average Bonchev–Trinajstić information content (AvgIpc) is 2.90. The van der Waals surface area contributed by atoms with Gasteiger partial charge in [-0.2, -0.15) is 17.6 Å². The van der Waals surface area contributed by atoms with Crippen molar-refractivity contribution in [3.05, 3.63) is 87.2 Å². The number of methoxy groups -OCH3 is 1. The maximum absolute atomic E-state index is 14.5. The van der Waals surface area contributed by atoms with Gasteiger partial charge in [0.25, 0.3) is 5.56 Å². The van der Waals surface area contributed by atoms with Gasteiger partial charge in [-0.3, -0.25) is 19.3 Å². The Hall–Kier alpha value is -3.89. The topological polar surface area (TPSA) is 82.8 Å². The summed E-state index contributed by atoms with van der Waals surface area (Å²) >= 11 is 0. The molecule has 4 aromatic rings. The number of hydrogen-bond donors (Lipinski definition) is 0. The minimum absolute atomic E-state index is 0.122. The minimum Gasteiger partial charge on any atom is -0.496 e. The lowest BCUT2D eigenvalue weighted by Crippen LogP contribution is -2.29.